The second-order valence-corrected chi connectivity index (χ2v) is 5.93. The van der Waals surface area contributed by atoms with E-state index in [2.05, 4.69) is 4.98 Å². The molecule has 0 bridgehead atoms. The third kappa shape index (κ3) is 3.76. The van der Waals surface area contributed by atoms with Crippen LogP contribution in [0.2, 0.25) is 0 Å². The number of rotatable bonds is 8. The topological polar surface area (TPSA) is 51.3 Å². The molecule has 0 amide bonds. The largest absolute Gasteiger partial charge is 0.378 e. The molecule has 0 atom stereocenters. The van der Waals surface area contributed by atoms with Gasteiger partial charge in [-0.25, -0.2) is 0 Å². The highest BCUT2D eigenvalue weighted by molar-refractivity contribution is 5.79. The lowest BCUT2D eigenvalue weighted by Gasteiger charge is -2.09. The predicted octanol–water partition coefficient (Wildman–Crippen LogP) is 3.31. The van der Waals surface area contributed by atoms with Crippen LogP contribution in [0.3, 0.4) is 0 Å². The summed E-state index contributed by atoms with van der Waals surface area (Å²) in [5.74, 6) is 0. The number of para-hydroxylation sites is 1. The van der Waals surface area contributed by atoms with Crippen molar-refractivity contribution in [1.29, 1.82) is 0 Å². The monoisotopic (exact) mass is 301 g/mol. The minimum atomic E-state index is 0.0887. The van der Waals surface area contributed by atoms with Crippen molar-refractivity contribution < 1.29 is 9.47 Å². The summed E-state index contributed by atoms with van der Waals surface area (Å²) < 4.78 is 11.3. The number of unbranched alkanes of at least 4 members (excludes halogenated alkanes) is 1. The number of H-pyrrole nitrogens is 1. The zero-order valence-electron chi connectivity index (χ0n) is 13.1. The predicted molar refractivity (Wildman–Crippen MR) is 87.2 cm³/mol. The van der Waals surface area contributed by atoms with E-state index >= 15 is 0 Å². The molecule has 1 fully saturated rings. The van der Waals surface area contributed by atoms with E-state index in [0.29, 0.717) is 19.3 Å². The average molecular weight is 301 g/mol. The van der Waals surface area contributed by atoms with Gasteiger partial charge in [-0.1, -0.05) is 12.1 Å². The molecule has 0 radical (unpaired) electrons. The van der Waals surface area contributed by atoms with Crippen molar-refractivity contribution in [2.75, 3.05) is 13.2 Å². The van der Waals surface area contributed by atoms with Crippen LogP contribution in [-0.4, -0.2) is 24.3 Å². The van der Waals surface area contributed by atoms with Crippen LogP contribution in [0.4, 0.5) is 0 Å². The Kier molecular flexibility index (Phi) is 4.90. The summed E-state index contributed by atoms with van der Waals surface area (Å²) in [6, 6.07) is 7.59. The zero-order valence-corrected chi connectivity index (χ0v) is 13.1. The van der Waals surface area contributed by atoms with E-state index in [1.807, 2.05) is 31.2 Å². The smallest absolute Gasteiger partial charge is 0.192 e. The van der Waals surface area contributed by atoms with E-state index in [-0.39, 0.29) is 5.43 Å². The van der Waals surface area contributed by atoms with Gasteiger partial charge in [0.1, 0.15) is 0 Å². The molecule has 1 saturated carbocycles. The van der Waals surface area contributed by atoms with Gasteiger partial charge in [0, 0.05) is 35.4 Å². The third-order valence-corrected chi connectivity index (χ3v) is 4.06. The molecule has 4 nitrogen and oxygen atoms in total. The number of hydrogen-bond acceptors (Lipinski definition) is 3. The van der Waals surface area contributed by atoms with Gasteiger partial charge < -0.3 is 14.5 Å². The lowest BCUT2D eigenvalue weighted by molar-refractivity contribution is 0.0881. The molecule has 1 aromatic carbocycles. The minimum absolute atomic E-state index is 0.0887. The van der Waals surface area contributed by atoms with Crippen LogP contribution in [0, 0.1) is 6.92 Å². The Morgan fingerprint density at radius 2 is 1.95 bits per heavy atom. The molecule has 1 N–H and O–H groups in total. The molecule has 0 aliphatic heterocycles. The molecular weight excluding hydrogens is 278 g/mol. The van der Waals surface area contributed by atoms with E-state index in [4.69, 9.17) is 9.47 Å². The first-order valence-corrected chi connectivity index (χ1v) is 8.05. The molecule has 2 aromatic rings. The Hall–Kier alpha value is -1.65. The molecule has 118 valence electrons. The molecule has 1 heterocycles. The molecule has 4 heteroatoms. The fourth-order valence-electron chi connectivity index (χ4n) is 2.49. The lowest BCUT2D eigenvalue weighted by Crippen LogP contribution is -2.12. The third-order valence-electron chi connectivity index (χ3n) is 4.06. The fourth-order valence-corrected chi connectivity index (χ4v) is 2.49. The van der Waals surface area contributed by atoms with Gasteiger partial charge in [0.05, 0.1) is 12.7 Å². The van der Waals surface area contributed by atoms with Crippen molar-refractivity contribution in [3.63, 3.8) is 0 Å². The van der Waals surface area contributed by atoms with Crippen LogP contribution < -0.4 is 5.43 Å². The second-order valence-electron chi connectivity index (χ2n) is 5.93. The zero-order chi connectivity index (χ0) is 15.4. The molecule has 0 spiro atoms. The van der Waals surface area contributed by atoms with Crippen molar-refractivity contribution in [1.82, 2.24) is 4.98 Å². The van der Waals surface area contributed by atoms with Crippen LogP contribution in [-0.2, 0) is 16.1 Å². The molecular formula is C18H23NO3. The molecule has 1 aliphatic rings. The number of pyridine rings is 1. The summed E-state index contributed by atoms with van der Waals surface area (Å²) in [6.45, 7) is 3.84. The molecule has 3 rings (SSSR count). The number of ether oxygens (including phenoxy) is 2. The second kappa shape index (κ2) is 7.07. The fraction of sp³-hybridized carbons (Fsp3) is 0.500. The first-order chi connectivity index (χ1) is 10.8. The van der Waals surface area contributed by atoms with Crippen LogP contribution >= 0.6 is 0 Å². The summed E-state index contributed by atoms with van der Waals surface area (Å²) in [4.78, 5) is 15.6. The Morgan fingerprint density at radius 1 is 1.18 bits per heavy atom. The van der Waals surface area contributed by atoms with Gasteiger partial charge in [0.15, 0.2) is 5.43 Å². The highest BCUT2D eigenvalue weighted by atomic mass is 16.5. The summed E-state index contributed by atoms with van der Waals surface area (Å²) >= 11 is 0. The number of fused-ring (bicyclic) bond motifs is 1. The number of aromatic nitrogens is 1. The SMILES string of the molecule is Cc1c(COCCCCOC2CC2)[nH]c2ccccc2c1=O. The highest BCUT2D eigenvalue weighted by Gasteiger charge is 2.21. The van der Waals surface area contributed by atoms with Gasteiger partial charge in [-0.15, -0.1) is 0 Å². The first kappa shape index (κ1) is 15.3. The summed E-state index contributed by atoms with van der Waals surface area (Å²) in [7, 11) is 0. The number of nitrogens with one attached hydrogen (secondary N) is 1. The standard InChI is InChI=1S/C18H23NO3/c1-13-17(12-21-10-4-5-11-22-14-8-9-14)19-16-7-3-2-6-15(16)18(13)20/h2-3,6-7,14H,4-5,8-12H2,1H3,(H,19,20). The molecule has 22 heavy (non-hydrogen) atoms. The van der Waals surface area contributed by atoms with E-state index in [1.54, 1.807) is 0 Å². The van der Waals surface area contributed by atoms with Crippen molar-refractivity contribution in [2.24, 2.45) is 0 Å². The average Bonchev–Trinajstić information content (AvgIpc) is 3.35. The highest BCUT2D eigenvalue weighted by Crippen LogP contribution is 2.23. The number of aromatic amines is 1. The lowest BCUT2D eigenvalue weighted by atomic mass is 10.1. The maximum Gasteiger partial charge on any atom is 0.192 e. The van der Waals surface area contributed by atoms with Gasteiger partial charge in [-0.05, 0) is 44.7 Å². The van der Waals surface area contributed by atoms with Crippen molar-refractivity contribution >= 4 is 10.9 Å². The van der Waals surface area contributed by atoms with Gasteiger partial charge >= 0.3 is 0 Å². The van der Waals surface area contributed by atoms with Crippen LogP contribution in [0.1, 0.15) is 36.9 Å². The van der Waals surface area contributed by atoms with Crippen LogP contribution in [0.5, 0.6) is 0 Å². The molecule has 0 unspecified atom stereocenters. The summed E-state index contributed by atoms with van der Waals surface area (Å²) in [5, 5.41) is 0.737. The number of hydrogen-bond donors (Lipinski definition) is 1. The van der Waals surface area contributed by atoms with Crippen molar-refractivity contribution in [2.45, 2.75) is 45.3 Å². The Morgan fingerprint density at radius 3 is 2.77 bits per heavy atom. The van der Waals surface area contributed by atoms with E-state index in [0.717, 1.165) is 41.6 Å². The summed E-state index contributed by atoms with van der Waals surface area (Å²) in [5.41, 5.74) is 2.58. The first-order valence-electron chi connectivity index (χ1n) is 8.05. The Balaban J connectivity index is 1.50. The van der Waals surface area contributed by atoms with Crippen LogP contribution in [0.25, 0.3) is 10.9 Å². The Bertz CT molecular complexity index is 688. The normalized spacial score (nSPS) is 14.6. The van der Waals surface area contributed by atoms with Crippen molar-refractivity contribution in [3.8, 4) is 0 Å². The van der Waals surface area contributed by atoms with Gasteiger partial charge in [0.25, 0.3) is 0 Å². The minimum Gasteiger partial charge on any atom is -0.378 e. The Labute approximate surface area is 130 Å². The van der Waals surface area contributed by atoms with E-state index in [1.165, 1.54) is 12.8 Å². The molecule has 1 aromatic heterocycles. The molecule has 1 aliphatic carbocycles. The maximum atomic E-state index is 12.3. The maximum absolute atomic E-state index is 12.3. The van der Waals surface area contributed by atoms with Gasteiger partial charge in [0.2, 0.25) is 0 Å². The van der Waals surface area contributed by atoms with E-state index < -0.39 is 0 Å². The van der Waals surface area contributed by atoms with E-state index in [9.17, 15) is 4.79 Å². The summed E-state index contributed by atoms with van der Waals surface area (Å²) in [6.07, 6.45) is 5.01. The molecule has 0 saturated heterocycles. The van der Waals surface area contributed by atoms with Crippen LogP contribution in [0.15, 0.2) is 29.1 Å². The van der Waals surface area contributed by atoms with Gasteiger partial charge in [-0.3, -0.25) is 4.79 Å². The number of benzene rings is 1. The van der Waals surface area contributed by atoms with Crippen molar-refractivity contribution in [3.05, 3.63) is 45.7 Å². The quantitative estimate of drug-likeness (QED) is 0.761. The van der Waals surface area contributed by atoms with Gasteiger partial charge in [-0.2, -0.15) is 0 Å².